The molecule has 0 bridgehead atoms. The van der Waals surface area contributed by atoms with Crippen molar-refractivity contribution < 1.29 is 14.4 Å². The lowest BCUT2D eigenvalue weighted by Crippen LogP contribution is -2.42. The highest BCUT2D eigenvalue weighted by atomic mass is 16.2. The van der Waals surface area contributed by atoms with Crippen molar-refractivity contribution in [3.05, 3.63) is 42.2 Å². The van der Waals surface area contributed by atoms with E-state index in [0.717, 1.165) is 5.56 Å². The Labute approximate surface area is 167 Å². The van der Waals surface area contributed by atoms with Gasteiger partial charge in [0.15, 0.2) is 0 Å². The van der Waals surface area contributed by atoms with Gasteiger partial charge in [0.25, 0.3) is 0 Å². The molecule has 0 aliphatic carbocycles. The van der Waals surface area contributed by atoms with E-state index >= 15 is 0 Å². The second-order valence-corrected chi connectivity index (χ2v) is 7.54. The number of benzene rings is 1. The third kappa shape index (κ3) is 3.96. The lowest BCUT2D eigenvalue weighted by Gasteiger charge is -2.30. The Morgan fingerprint density at radius 3 is 2.59 bits per heavy atom. The molecule has 0 radical (unpaired) electrons. The third-order valence-corrected chi connectivity index (χ3v) is 5.66. The number of tetrazole rings is 1. The second kappa shape index (κ2) is 7.98. The molecule has 2 aliphatic heterocycles. The molecule has 10 heteroatoms. The number of hydrogen-bond donors (Lipinski definition) is 1. The number of likely N-dealkylation sites (tertiary alicyclic amines) is 2. The molecule has 3 heterocycles. The van der Waals surface area contributed by atoms with Crippen LogP contribution in [0.3, 0.4) is 0 Å². The highest BCUT2D eigenvalue weighted by Crippen LogP contribution is 2.44. The molecular formula is C19H23N7O3. The van der Waals surface area contributed by atoms with Crippen LogP contribution < -0.4 is 5.32 Å². The maximum Gasteiger partial charge on any atom is 0.244 e. The highest BCUT2D eigenvalue weighted by molar-refractivity contribution is 5.84. The van der Waals surface area contributed by atoms with E-state index in [-0.39, 0.29) is 48.7 Å². The van der Waals surface area contributed by atoms with Gasteiger partial charge >= 0.3 is 0 Å². The summed E-state index contributed by atoms with van der Waals surface area (Å²) in [6.45, 7) is 3.23. The summed E-state index contributed by atoms with van der Waals surface area (Å²) in [4.78, 5) is 40.4. The van der Waals surface area contributed by atoms with Gasteiger partial charge < -0.3 is 15.1 Å². The van der Waals surface area contributed by atoms with E-state index in [1.807, 2.05) is 40.1 Å². The SMILES string of the molecule is CC(=O)NCC(=O)N1C[C@@H]2CN(C(=O)Cn3cnnn3)C[C@@H]2[C@H]1c1ccccc1. The van der Waals surface area contributed by atoms with Gasteiger partial charge in [-0.1, -0.05) is 30.3 Å². The first kappa shape index (κ1) is 19.0. The van der Waals surface area contributed by atoms with Crippen LogP contribution in [0.1, 0.15) is 18.5 Å². The zero-order valence-corrected chi connectivity index (χ0v) is 16.1. The number of carbonyl (C=O) groups is 3. The number of nitrogens with zero attached hydrogens (tertiary/aromatic N) is 6. The van der Waals surface area contributed by atoms with Crippen molar-refractivity contribution in [1.29, 1.82) is 0 Å². The Hall–Kier alpha value is -3.30. The zero-order chi connectivity index (χ0) is 20.4. The largest absolute Gasteiger partial charge is 0.347 e. The van der Waals surface area contributed by atoms with E-state index in [0.29, 0.717) is 19.6 Å². The van der Waals surface area contributed by atoms with Gasteiger partial charge in [-0.2, -0.15) is 0 Å². The summed E-state index contributed by atoms with van der Waals surface area (Å²) in [6, 6.07) is 9.75. The molecule has 2 fully saturated rings. The first-order chi connectivity index (χ1) is 14.0. The van der Waals surface area contributed by atoms with Crippen LogP contribution in [0.15, 0.2) is 36.7 Å². The van der Waals surface area contributed by atoms with Gasteiger partial charge in [0.2, 0.25) is 17.7 Å². The summed E-state index contributed by atoms with van der Waals surface area (Å²) in [7, 11) is 0. The van der Waals surface area contributed by atoms with E-state index < -0.39 is 0 Å². The summed E-state index contributed by atoms with van der Waals surface area (Å²) >= 11 is 0. The highest BCUT2D eigenvalue weighted by Gasteiger charge is 2.49. The number of hydrogen-bond acceptors (Lipinski definition) is 6. The van der Waals surface area contributed by atoms with Crippen LogP contribution in [0.25, 0.3) is 0 Å². The number of rotatable bonds is 5. The Bertz CT molecular complexity index is 886. The Kier molecular flexibility index (Phi) is 5.24. The topological polar surface area (TPSA) is 113 Å². The van der Waals surface area contributed by atoms with Crippen molar-refractivity contribution in [2.24, 2.45) is 11.8 Å². The van der Waals surface area contributed by atoms with Crippen molar-refractivity contribution in [1.82, 2.24) is 35.3 Å². The van der Waals surface area contributed by atoms with Crippen LogP contribution in [0.4, 0.5) is 0 Å². The first-order valence-corrected chi connectivity index (χ1v) is 9.60. The monoisotopic (exact) mass is 397 g/mol. The molecule has 0 unspecified atom stereocenters. The lowest BCUT2D eigenvalue weighted by atomic mass is 9.89. The molecule has 29 heavy (non-hydrogen) atoms. The molecule has 3 amide bonds. The van der Waals surface area contributed by atoms with Crippen LogP contribution in [0.5, 0.6) is 0 Å². The molecule has 1 aromatic carbocycles. The second-order valence-electron chi connectivity index (χ2n) is 7.54. The van der Waals surface area contributed by atoms with Gasteiger partial charge in [-0.05, 0) is 16.0 Å². The summed E-state index contributed by atoms with van der Waals surface area (Å²) in [5.41, 5.74) is 1.05. The minimum atomic E-state index is -0.228. The maximum absolute atomic E-state index is 12.8. The van der Waals surface area contributed by atoms with Crippen LogP contribution in [0.2, 0.25) is 0 Å². The fourth-order valence-electron chi connectivity index (χ4n) is 4.38. The number of fused-ring (bicyclic) bond motifs is 1. The molecule has 1 aromatic heterocycles. The fourth-order valence-corrected chi connectivity index (χ4v) is 4.38. The molecule has 0 spiro atoms. The molecule has 4 rings (SSSR count). The maximum atomic E-state index is 12.8. The molecule has 3 atom stereocenters. The molecule has 10 nitrogen and oxygen atoms in total. The average Bonchev–Trinajstić information content (AvgIpc) is 3.42. The summed E-state index contributed by atoms with van der Waals surface area (Å²) in [5.74, 6) is -0.0196. The quantitative estimate of drug-likeness (QED) is 0.726. The normalized spacial score (nSPS) is 23.1. The number of nitrogens with one attached hydrogen (secondary N) is 1. The van der Waals surface area contributed by atoms with Crippen molar-refractivity contribution >= 4 is 17.7 Å². The van der Waals surface area contributed by atoms with Gasteiger partial charge in [-0.3, -0.25) is 14.4 Å². The van der Waals surface area contributed by atoms with Crippen LogP contribution in [-0.2, 0) is 20.9 Å². The van der Waals surface area contributed by atoms with Crippen LogP contribution in [-0.4, -0.2) is 73.9 Å². The number of aromatic nitrogens is 4. The summed E-state index contributed by atoms with van der Waals surface area (Å²) in [6.07, 6.45) is 1.42. The van der Waals surface area contributed by atoms with Crippen molar-refractivity contribution in [3.63, 3.8) is 0 Å². The van der Waals surface area contributed by atoms with Crippen molar-refractivity contribution in [3.8, 4) is 0 Å². The van der Waals surface area contributed by atoms with Gasteiger partial charge in [-0.25, -0.2) is 4.68 Å². The predicted molar refractivity (Wildman–Crippen MR) is 101 cm³/mol. The number of carbonyl (C=O) groups excluding carboxylic acids is 3. The van der Waals surface area contributed by atoms with Crippen LogP contribution >= 0.6 is 0 Å². The van der Waals surface area contributed by atoms with E-state index in [4.69, 9.17) is 0 Å². The van der Waals surface area contributed by atoms with Crippen LogP contribution in [0, 0.1) is 11.8 Å². The van der Waals surface area contributed by atoms with Gasteiger partial charge in [0.05, 0.1) is 12.6 Å². The van der Waals surface area contributed by atoms with Gasteiger partial charge in [-0.15, -0.1) is 5.10 Å². The summed E-state index contributed by atoms with van der Waals surface area (Å²) in [5, 5.41) is 13.5. The molecule has 152 valence electrons. The molecule has 0 saturated carbocycles. The number of amides is 3. The first-order valence-electron chi connectivity index (χ1n) is 9.60. The molecular weight excluding hydrogens is 374 g/mol. The molecule has 2 aromatic rings. The third-order valence-electron chi connectivity index (χ3n) is 5.66. The molecule has 2 saturated heterocycles. The van der Waals surface area contributed by atoms with E-state index in [1.165, 1.54) is 17.9 Å². The standard InChI is InChI=1S/C19H23N7O3/c1-13(27)20-7-17(28)26-9-15-8-24(18(29)11-25-12-21-22-23-25)10-16(15)19(26)14-5-3-2-4-6-14/h2-6,12,15-16,19H,7-11H2,1H3,(H,20,27)/t15-,16-,19+/m0/s1. The zero-order valence-electron chi connectivity index (χ0n) is 16.1. The Morgan fingerprint density at radius 2 is 1.90 bits per heavy atom. The Balaban J connectivity index is 1.50. The Morgan fingerprint density at radius 1 is 1.10 bits per heavy atom. The fraction of sp³-hybridized carbons (Fsp3) is 0.474. The summed E-state index contributed by atoms with van der Waals surface area (Å²) < 4.78 is 1.41. The van der Waals surface area contributed by atoms with E-state index in [1.54, 1.807) is 0 Å². The predicted octanol–water partition coefficient (Wildman–Crippen LogP) is -0.533. The molecule has 2 aliphatic rings. The van der Waals surface area contributed by atoms with Gasteiger partial charge in [0.1, 0.15) is 12.9 Å². The van der Waals surface area contributed by atoms with E-state index in [9.17, 15) is 14.4 Å². The minimum absolute atomic E-state index is 0.0138. The van der Waals surface area contributed by atoms with Crippen molar-refractivity contribution in [2.45, 2.75) is 19.5 Å². The minimum Gasteiger partial charge on any atom is -0.347 e. The van der Waals surface area contributed by atoms with E-state index in [2.05, 4.69) is 20.8 Å². The molecule has 1 N–H and O–H groups in total. The lowest BCUT2D eigenvalue weighted by molar-refractivity contribution is -0.134. The van der Waals surface area contributed by atoms with Gasteiger partial charge in [0, 0.05) is 38.4 Å². The van der Waals surface area contributed by atoms with Crippen molar-refractivity contribution in [2.75, 3.05) is 26.2 Å². The smallest absolute Gasteiger partial charge is 0.244 e. The average molecular weight is 397 g/mol.